The number of nitrogens with one attached hydrogen (secondary N) is 2. The molecule has 2 aromatic rings. The zero-order chi connectivity index (χ0) is 19.4. The Morgan fingerprint density at radius 1 is 1.19 bits per heavy atom. The van der Waals surface area contributed by atoms with Crippen LogP contribution in [0.25, 0.3) is 0 Å². The molecule has 2 atom stereocenters. The molecule has 1 aliphatic rings. The summed E-state index contributed by atoms with van der Waals surface area (Å²) in [5.41, 5.74) is 1.11. The molecule has 0 aliphatic heterocycles. The molecule has 2 N–H and O–H groups in total. The Balaban J connectivity index is 1.59. The van der Waals surface area contributed by atoms with Crippen LogP contribution in [0.1, 0.15) is 41.0 Å². The van der Waals surface area contributed by atoms with Crippen molar-refractivity contribution < 1.29 is 18.4 Å². The van der Waals surface area contributed by atoms with Gasteiger partial charge in [0.15, 0.2) is 0 Å². The van der Waals surface area contributed by atoms with Crippen LogP contribution in [0.4, 0.5) is 8.78 Å². The van der Waals surface area contributed by atoms with Crippen molar-refractivity contribution in [3.63, 3.8) is 0 Å². The summed E-state index contributed by atoms with van der Waals surface area (Å²) in [5, 5.41) is 5.51. The van der Waals surface area contributed by atoms with E-state index in [1.807, 2.05) is 0 Å². The van der Waals surface area contributed by atoms with E-state index in [1.54, 1.807) is 6.92 Å². The van der Waals surface area contributed by atoms with Crippen molar-refractivity contribution in [2.45, 2.75) is 38.8 Å². The normalized spacial score (nSPS) is 18.9. The van der Waals surface area contributed by atoms with Crippen molar-refractivity contribution in [2.75, 3.05) is 0 Å². The largest absolute Gasteiger partial charge is 0.352 e. The lowest BCUT2D eigenvalue weighted by atomic mass is 10.0. The van der Waals surface area contributed by atoms with Crippen molar-refractivity contribution in [3.05, 3.63) is 59.2 Å². The Kier molecular flexibility index (Phi) is 5.73. The Bertz CT molecular complexity index is 842. The van der Waals surface area contributed by atoms with Crippen molar-refractivity contribution in [1.29, 1.82) is 0 Å². The lowest BCUT2D eigenvalue weighted by molar-refractivity contribution is -0.125. The van der Waals surface area contributed by atoms with Gasteiger partial charge in [-0.25, -0.2) is 13.8 Å². The van der Waals surface area contributed by atoms with Gasteiger partial charge in [0.1, 0.15) is 17.3 Å². The number of amides is 2. The fraction of sp³-hybridized carbons (Fsp3) is 0.368. The van der Waals surface area contributed by atoms with Crippen LogP contribution in [0.3, 0.4) is 0 Å². The first kappa shape index (κ1) is 18.9. The summed E-state index contributed by atoms with van der Waals surface area (Å²) in [4.78, 5) is 32.9. The number of carbonyl (C=O) groups excluding carboxylic acids is 2. The number of benzene rings is 1. The third-order valence-corrected chi connectivity index (χ3v) is 4.65. The average molecular weight is 374 g/mol. The molecular formula is C19H20F2N4O2. The van der Waals surface area contributed by atoms with Gasteiger partial charge in [-0.05, 0) is 25.8 Å². The molecule has 1 aliphatic carbocycles. The molecule has 0 unspecified atom stereocenters. The third kappa shape index (κ3) is 4.64. The van der Waals surface area contributed by atoms with Gasteiger partial charge in [0.05, 0.1) is 17.8 Å². The third-order valence-electron chi connectivity index (χ3n) is 4.65. The minimum Gasteiger partial charge on any atom is -0.352 e. The van der Waals surface area contributed by atoms with Gasteiger partial charge >= 0.3 is 0 Å². The fourth-order valence-electron chi connectivity index (χ4n) is 3.18. The molecule has 3 rings (SSSR count). The Morgan fingerprint density at radius 3 is 2.70 bits per heavy atom. The number of halogens is 2. The number of carbonyl (C=O) groups is 2. The predicted molar refractivity (Wildman–Crippen MR) is 93.6 cm³/mol. The summed E-state index contributed by atoms with van der Waals surface area (Å²) in [6, 6.07) is 2.90. The van der Waals surface area contributed by atoms with Crippen molar-refractivity contribution in [1.82, 2.24) is 20.6 Å². The Labute approximate surface area is 155 Å². The number of hydrogen-bond donors (Lipinski definition) is 2. The molecule has 1 aromatic carbocycles. The highest BCUT2D eigenvalue weighted by Gasteiger charge is 2.34. The smallest absolute Gasteiger partial charge is 0.271 e. The molecular weight excluding hydrogens is 354 g/mol. The SMILES string of the molecule is Cc1cnc(C(=O)N[C@@H]2CCC[C@@H]2C(=O)NCc2ccc(F)cc2F)cn1. The van der Waals surface area contributed by atoms with E-state index in [0.29, 0.717) is 18.5 Å². The van der Waals surface area contributed by atoms with Crippen LogP contribution in [-0.4, -0.2) is 27.8 Å². The van der Waals surface area contributed by atoms with E-state index in [0.717, 1.165) is 18.6 Å². The maximum Gasteiger partial charge on any atom is 0.271 e. The molecule has 6 nitrogen and oxygen atoms in total. The number of aryl methyl sites for hydroxylation is 1. The minimum absolute atomic E-state index is 0.0362. The van der Waals surface area contributed by atoms with E-state index in [1.165, 1.54) is 18.5 Å². The lowest BCUT2D eigenvalue weighted by Crippen LogP contribution is -2.44. The molecule has 1 heterocycles. The second-order valence-electron chi connectivity index (χ2n) is 6.61. The fourth-order valence-corrected chi connectivity index (χ4v) is 3.18. The highest BCUT2D eigenvalue weighted by Crippen LogP contribution is 2.26. The topological polar surface area (TPSA) is 84.0 Å². The molecule has 0 radical (unpaired) electrons. The minimum atomic E-state index is -0.704. The van der Waals surface area contributed by atoms with Gasteiger partial charge in [-0.15, -0.1) is 0 Å². The first-order valence-electron chi connectivity index (χ1n) is 8.75. The van der Waals surface area contributed by atoms with Crippen molar-refractivity contribution >= 4 is 11.8 Å². The molecule has 2 amide bonds. The van der Waals surface area contributed by atoms with Gasteiger partial charge < -0.3 is 10.6 Å². The summed E-state index contributed by atoms with van der Waals surface area (Å²) in [7, 11) is 0. The highest BCUT2D eigenvalue weighted by atomic mass is 19.1. The molecule has 1 fully saturated rings. The molecule has 27 heavy (non-hydrogen) atoms. The van der Waals surface area contributed by atoms with Gasteiger partial charge in [0.25, 0.3) is 5.91 Å². The molecule has 1 saturated carbocycles. The molecule has 8 heteroatoms. The molecule has 0 saturated heterocycles. The van der Waals surface area contributed by atoms with Crippen molar-refractivity contribution in [3.8, 4) is 0 Å². The van der Waals surface area contributed by atoms with E-state index in [-0.39, 0.29) is 35.7 Å². The summed E-state index contributed by atoms with van der Waals surface area (Å²) in [6.07, 6.45) is 5.00. The average Bonchev–Trinajstić information content (AvgIpc) is 3.09. The second kappa shape index (κ2) is 8.20. The number of rotatable bonds is 5. The van der Waals surface area contributed by atoms with Gasteiger partial charge in [0.2, 0.25) is 5.91 Å². The van der Waals surface area contributed by atoms with Gasteiger partial charge in [-0.1, -0.05) is 12.5 Å². The number of hydrogen-bond acceptors (Lipinski definition) is 4. The Morgan fingerprint density at radius 2 is 2.00 bits per heavy atom. The van der Waals surface area contributed by atoms with Crippen LogP contribution in [-0.2, 0) is 11.3 Å². The monoisotopic (exact) mass is 374 g/mol. The quantitative estimate of drug-likeness (QED) is 0.841. The first-order valence-corrected chi connectivity index (χ1v) is 8.75. The van der Waals surface area contributed by atoms with Crippen LogP contribution < -0.4 is 10.6 Å². The van der Waals surface area contributed by atoms with Crippen LogP contribution in [0, 0.1) is 24.5 Å². The van der Waals surface area contributed by atoms with Gasteiger partial charge in [0, 0.05) is 30.4 Å². The van der Waals surface area contributed by atoms with Crippen LogP contribution >= 0.6 is 0 Å². The van der Waals surface area contributed by atoms with Crippen LogP contribution in [0.15, 0.2) is 30.6 Å². The zero-order valence-corrected chi connectivity index (χ0v) is 14.8. The molecule has 142 valence electrons. The van der Waals surface area contributed by atoms with E-state index in [2.05, 4.69) is 20.6 Å². The van der Waals surface area contributed by atoms with Gasteiger partial charge in [-0.3, -0.25) is 14.6 Å². The lowest BCUT2D eigenvalue weighted by Gasteiger charge is -2.20. The summed E-state index contributed by atoms with van der Waals surface area (Å²) in [5.74, 6) is -2.42. The van der Waals surface area contributed by atoms with E-state index in [9.17, 15) is 18.4 Å². The first-order chi connectivity index (χ1) is 12.9. The zero-order valence-electron chi connectivity index (χ0n) is 14.8. The van der Waals surface area contributed by atoms with E-state index in [4.69, 9.17) is 0 Å². The summed E-state index contributed by atoms with van der Waals surface area (Å²) < 4.78 is 26.6. The summed E-state index contributed by atoms with van der Waals surface area (Å²) >= 11 is 0. The summed E-state index contributed by atoms with van der Waals surface area (Å²) in [6.45, 7) is 1.74. The Hall–Kier alpha value is -2.90. The van der Waals surface area contributed by atoms with Crippen molar-refractivity contribution in [2.24, 2.45) is 5.92 Å². The number of nitrogens with zero attached hydrogens (tertiary/aromatic N) is 2. The van der Waals surface area contributed by atoms with Crippen LogP contribution in [0.5, 0.6) is 0 Å². The highest BCUT2D eigenvalue weighted by molar-refractivity contribution is 5.92. The molecule has 1 aromatic heterocycles. The van der Waals surface area contributed by atoms with E-state index < -0.39 is 17.6 Å². The standard InChI is InChI=1S/C19H20F2N4O2/c1-11-8-23-17(10-22-11)19(27)25-16-4-2-3-14(16)18(26)24-9-12-5-6-13(20)7-15(12)21/h5-8,10,14,16H,2-4,9H2,1H3,(H,24,26)(H,25,27)/t14-,16+/m0/s1. The van der Waals surface area contributed by atoms with E-state index >= 15 is 0 Å². The maximum atomic E-state index is 13.7. The number of aromatic nitrogens is 2. The predicted octanol–water partition coefficient (Wildman–Crippen LogP) is 2.28. The second-order valence-corrected chi connectivity index (χ2v) is 6.61. The molecule has 0 bridgehead atoms. The van der Waals surface area contributed by atoms with Gasteiger partial charge in [-0.2, -0.15) is 0 Å². The maximum absolute atomic E-state index is 13.7. The molecule has 0 spiro atoms. The van der Waals surface area contributed by atoms with Crippen LogP contribution in [0.2, 0.25) is 0 Å².